The number of anilines is 1. The third-order valence-electron chi connectivity index (χ3n) is 4.11. The largest absolute Gasteiger partial charge is 0.359 e. The van der Waals surface area contributed by atoms with Gasteiger partial charge in [0.05, 0.1) is 12.1 Å². The SMILES string of the molecule is Cc1cc2cc(NC(=O)Cc3ccc(-n4cccn4)cc3)ccc2[nH]1. The summed E-state index contributed by atoms with van der Waals surface area (Å²) in [5.41, 5.74) is 4.93. The van der Waals surface area contributed by atoms with Crippen LogP contribution in [0.2, 0.25) is 0 Å². The number of benzene rings is 2. The van der Waals surface area contributed by atoms with Crippen LogP contribution in [0.4, 0.5) is 5.69 Å². The second-order valence-electron chi connectivity index (χ2n) is 6.10. The van der Waals surface area contributed by atoms with Gasteiger partial charge in [-0.25, -0.2) is 4.68 Å². The van der Waals surface area contributed by atoms with Crippen LogP contribution < -0.4 is 5.32 Å². The predicted octanol–water partition coefficient (Wildman–Crippen LogP) is 3.84. The first-order valence-corrected chi connectivity index (χ1v) is 8.15. The zero-order valence-electron chi connectivity index (χ0n) is 13.9. The van der Waals surface area contributed by atoms with Gasteiger partial charge >= 0.3 is 0 Å². The Morgan fingerprint density at radius 3 is 2.76 bits per heavy atom. The van der Waals surface area contributed by atoms with Gasteiger partial charge in [0, 0.05) is 34.7 Å². The number of carbonyl (C=O) groups is 1. The predicted molar refractivity (Wildman–Crippen MR) is 98.9 cm³/mol. The average Bonchev–Trinajstić information content (AvgIpc) is 3.23. The Hall–Kier alpha value is -3.34. The quantitative estimate of drug-likeness (QED) is 0.597. The fraction of sp³-hybridized carbons (Fsp3) is 0.100. The Labute approximate surface area is 145 Å². The number of aromatic amines is 1. The Morgan fingerprint density at radius 2 is 2.00 bits per heavy atom. The summed E-state index contributed by atoms with van der Waals surface area (Å²) in [4.78, 5) is 15.6. The van der Waals surface area contributed by atoms with Crippen LogP contribution in [0.25, 0.3) is 16.6 Å². The third kappa shape index (κ3) is 3.30. The minimum atomic E-state index is -0.0292. The molecule has 2 aromatic carbocycles. The topological polar surface area (TPSA) is 62.7 Å². The lowest BCUT2D eigenvalue weighted by atomic mass is 10.1. The average molecular weight is 330 g/mol. The van der Waals surface area contributed by atoms with Crippen molar-refractivity contribution < 1.29 is 4.79 Å². The monoisotopic (exact) mass is 330 g/mol. The van der Waals surface area contributed by atoms with Gasteiger partial charge in [0.25, 0.3) is 0 Å². The molecule has 0 radical (unpaired) electrons. The Kier molecular flexibility index (Phi) is 3.82. The molecule has 5 heteroatoms. The van der Waals surface area contributed by atoms with E-state index in [0.29, 0.717) is 6.42 Å². The van der Waals surface area contributed by atoms with E-state index < -0.39 is 0 Å². The van der Waals surface area contributed by atoms with E-state index in [2.05, 4.69) is 21.5 Å². The first kappa shape index (κ1) is 15.2. The second kappa shape index (κ2) is 6.28. The van der Waals surface area contributed by atoms with E-state index in [0.717, 1.165) is 33.5 Å². The molecule has 124 valence electrons. The molecule has 2 aromatic heterocycles. The summed E-state index contributed by atoms with van der Waals surface area (Å²) >= 11 is 0. The summed E-state index contributed by atoms with van der Waals surface area (Å²) in [6.45, 7) is 2.02. The van der Waals surface area contributed by atoms with Crippen LogP contribution in [0.1, 0.15) is 11.3 Å². The van der Waals surface area contributed by atoms with Gasteiger partial charge in [0.15, 0.2) is 0 Å². The highest BCUT2D eigenvalue weighted by Crippen LogP contribution is 2.20. The third-order valence-corrected chi connectivity index (χ3v) is 4.11. The van der Waals surface area contributed by atoms with Crippen LogP contribution in [0.15, 0.2) is 67.0 Å². The van der Waals surface area contributed by atoms with E-state index in [9.17, 15) is 4.79 Å². The van der Waals surface area contributed by atoms with Crippen LogP contribution >= 0.6 is 0 Å². The number of hydrogen-bond donors (Lipinski definition) is 2. The highest BCUT2D eigenvalue weighted by molar-refractivity contribution is 5.95. The lowest BCUT2D eigenvalue weighted by Gasteiger charge is -2.07. The number of aryl methyl sites for hydroxylation is 1. The van der Waals surface area contributed by atoms with E-state index in [1.807, 2.05) is 61.7 Å². The highest BCUT2D eigenvalue weighted by Gasteiger charge is 2.06. The molecular formula is C20H18N4O. The molecule has 1 amide bonds. The van der Waals surface area contributed by atoms with E-state index >= 15 is 0 Å². The summed E-state index contributed by atoms with van der Waals surface area (Å²) in [5, 5.41) is 8.25. The van der Waals surface area contributed by atoms with E-state index in [1.165, 1.54) is 0 Å². The molecule has 25 heavy (non-hydrogen) atoms. The number of rotatable bonds is 4. The lowest BCUT2D eigenvalue weighted by molar-refractivity contribution is -0.115. The van der Waals surface area contributed by atoms with Crippen molar-refractivity contribution >= 4 is 22.5 Å². The van der Waals surface area contributed by atoms with Crippen LogP contribution in [-0.2, 0) is 11.2 Å². The first-order valence-electron chi connectivity index (χ1n) is 8.15. The van der Waals surface area contributed by atoms with Gasteiger partial charge in [-0.05, 0) is 55.0 Å². The molecule has 2 heterocycles. The van der Waals surface area contributed by atoms with Crippen molar-refractivity contribution in [3.8, 4) is 5.69 Å². The maximum Gasteiger partial charge on any atom is 0.228 e. The molecule has 0 aliphatic carbocycles. The first-order chi connectivity index (χ1) is 12.2. The Bertz CT molecular complexity index is 1010. The zero-order chi connectivity index (χ0) is 17.2. The molecule has 0 atom stereocenters. The summed E-state index contributed by atoms with van der Waals surface area (Å²) in [7, 11) is 0. The number of amides is 1. The van der Waals surface area contributed by atoms with Crippen molar-refractivity contribution in [2.45, 2.75) is 13.3 Å². The van der Waals surface area contributed by atoms with Crippen molar-refractivity contribution in [2.24, 2.45) is 0 Å². The standard InChI is InChI=1S/C20H18N4O/c1-14-11-16-13-17(5-8-19(16)22-14)23-20(25)12-15-3-6-18(7-4-15)24-10-2-9-21-24/h2-11,13,22H,12H2,1H3,(H,23,25). The van der Waals surface area contributed by atoms with Crippen LogP contribution in [-0.4, -0.2) is 20.7 Å². The van der Waals surface area contributed by atoms with Gasteiger partial charge < -0.3 is 10.3 Å². The molecular weight excluding hydrogens is 312 g/mol. The number of fused-ring (bicyclic) bond motifs is 1. The fourth-order valence-corrected chi connectivity index (χ4v) is 2.93. The number of carbonyl (C=O) groups excluding carboxylic acids is 1. The highest BCUT2D eigenvalue weighted by atomic mass is 16.1. The van der Waals surface area contributed by atoms with Crippen LogP contribution in [0.5, 0.6) is 0 Å². The summed E-state index contributed by atoms with van der Waals surface area (Å²) in [5.74, 6) is -0.0292. The summed E-state index contributed by atoms with van der Waals surface area (Å²) in [6, 6.07) is 17.7. The minimum absolute atomic E-state index is 0.0292. The minimum Gasteiger partial charge on any atom is -0.359 e. The van der Waals surface area contributed by atoms with Crippen molar-refractivity contribution in [2.75, 3.05) is 5.32 Å². The van der Waals surface area contributed by atoms with Crippen molar-refractivity contribution in [1.82, 2.24) is 14.8 Å². The molecule has 0 aliphatic rings. The van der Waals surface area contributed by atoms with Gasteiger partial charge in [0.2, 0.25) is 5.91 Å². The molecule has 0 aliphatic heterocycles. The Balaban J connectivity index is 1.44. The number of nitrogens with one attached hydrogen (secondary N) is 2. The fourth-order valence-electron chi connectivity index (χ4n) is 2.93. The maximum atomic E-state index is 12.3. The van der Waals surface area contributed by atoms with Crippen molar-refractivity contribution in [1.29, 1.82) is 0 Å². The van der Waals surface area contributed by atoms with Gasteiger partial charge in [-0.2, -0.15) is 5.10 Å². The van der Waals surface area contributed by atoms with E-state index in [1.54, 1.807) is 10.9 Å². The molecule has 0 saturated heterocycles. The van der Waals surface area contributed by atoms with Gasteiger partial charge in [0.1, 0.15) is 0 Å². The van der Waals surface area contributed by atoms with Crippen LogP contribution in [0, 0.1) is 6.92 Å². The number of H-pyrrole nitrogens is 1. The molecule has 0 spiro atoms. The molecule has 0 saturated carbocycles. The normalized spacial score (nSPS) is 10.9. The molecule has 5 nitrogen and oxygen atoms in total. The van der Waals surface area contributed by atoms with Gasteiger partial charge in [-0.15, -0.1) is 0 Å². The molecule has 0 fully saturated rings. The number of aromatic nitrogens is 3. The van der Waals surface area contributed by atoms with E-state index in [4.69, 9.17) is 0 Å². The number of hydrogen-bond acceptors (Lipinski definition) is 2. The lowest BCUT2D eigenvalue weighted by Crippen LogP contribution is -2.14. The van der Waals surface area contributed by atoms with Crippen molar-refractivity contribution in [3.63, 3.8) is 0 Å². The van der Waals surface area contributed by atoms with E-state index in [-0.39, 0.29) is 5.91 Å². The van der Waals surface area contributed by atoms with Crippen molar-refractivity contribution in [3.05, 3.63) is 78.2 Å². The second-order valence-corrected chi connectivity index (χ2v) is 6.10. The summed E-state index contributed by atoms with van der Waals surface area (Å²) < 4.78 is 1.79. The molecule has 2 N–H and O–H groups in total. The smallest absolute Gasteiger partial charge is 0.228 e. The van der Waals surface area contributed by atoms with Gasteiger partial charge in [-0.1, -0.05) is 12.1 Å². The summed E-state index contributed by atoms with van der Waals surface area (Å²) in [6.07, 6.45) is 3.97. The zero-order valence-corrected chi connectivity index (χ0v) is 13.9. The molecule has 4 aromatic rings. The van der Waals surface area contributed by atoms with Gasteiger partial charge in [-0.3, -0.25) is 4.79 Å². The number of nitrogens with zero attached hydrogens (tertiary/aromatic N) is 2. The molecule has 0 bridgehead atoms. The molecule has 0 unspecified atom stereocenters. The van der Waals surface area contributed by atoms with Crippen LogP contribution in [0.3, 0.4) is 0 Å². The molecule has 4 rings (SSSR count). The maximum absolute atomic E-state index is 12.3. The Morgan fingerprint density at radius 1 is 1.16 bits per heavy atom.